The highest BCUT2D eigenvalue weighted by molar-refractivity contribution is 7.32. The average Bonchev–Trinajstić information content (AvgIpc) is 2.91. The van der Waals surface area contributed by atoms with Crippen LogP contribution < -0.4 is 10.3 Å². The fourth-order valence-electron chi connectivity index (χ4n) is 2.29. The average molecular weight is 330 g/mol. The van der Waals surface area contributed by atoms with Crippen LogP contribution in [0.25, 0.3) is 10.9 Å². The molecule has 0 aliphatic rings. The summed E-state index contributed by atoms with van der Waals surface area (Å²) in [6.45, 7) is 0.519. The van der Waals surface area contributed by atoms with Crippen molar-refractivity contribution in [1.82, 2.24) is 9.78 Å². The molecule has 116 valence electrons. The van der Waals surface area contributed by atoms with Crippen LogP contribution >= 0.6 is 8.25 Å². The van der Waals surface area contributed by atoms with Gasteiger partial charge in [0, 0.05) is 15.5 Å². The minimum absolute atomic E-state index is 0.328. The Morgan fingerprint density at radius 1 is 1.26 bits per heavy atom. The molecule has 1 aromatic heterocycles. The second-order valence-electron chi connectivity index (χ2n) is 4.91. The number of benzene rings is 2. The minimum Gasteiger partial charge on any atom is -0.366 e. The van der Waals surface area contributed by atoms with Crippen LogP contribution in [0.2, 0.25) is 0 Å². The molecule has 0 spiro atoms. The number of carbonyl (C=O) groups excluding carboxylic acids is 1. The van der Waals surface area contributed by atoms with Gasteiger partial charge in [-0.15, -0.1) is 4.89 Å². The zero-order valence-electron chi connectivity index (χ0n) is 11.9. The highest BCUT2D eigenvalue weighted by Crippen LogP contribution is 2.23. The predicted molar refractivity (Wildman–Crippen MR) is 84.2 cm³/mol. The first-order valence-corrected chi connectivity index (χ1v) is 7.84. The highest BCUT2D eigenvalue weighted by Gasteiger charge is 2.13. The maximum Gasteiger partial charge on any atom is 0.747 e. The number of hydrogen-bond acceptors (Lipinski definition) is 4. The van der Waals surface area contributed by atoms with Gasteiger partial charge < -0.3 is 5.73 Å². The maximum absolute atomic E-state index is 11.2. The Morgan fingerprint density at radius 2 is 2.00 bits per heavy atom. The van der Waals surface area contributed by atoms with Crippen LogP contribution in [-0.4, -0.2) is 20.6 Å². The van der Waals surface area contributed by atoms with Gasteiger partial charge in [0.1, 0.15) is 0 Å². The molecule has 0 saturated heterocycles. The SMILES string of the molecule is NC(=O)c1ccc2c(cnn2Cc2ccc(O[P+](=O)O)cc2)c1. The Kier molecular flexibility index (Phi) is 4.06. The summed E-state index contributed by atoms with van der Waals surface area (Å²) in [6, 6.07) is 12.0. The van der Waals surface area contributed by atoms with Gasteiger partial charge in [0.15, 0.2) is 5.75 Å². The lowest BCUT2D eigenvalue weighted by molar-refractivity contribution is 0.100. The van der Waals surface area contributed by atoms with Crippen LogP contribution in [0, 0.1) is 0 Å². The summed E-state index contributed by atoms with van der Waals surface area (Å²) < 4.78 is 17.1. The molecule has 0 fully saturated rings. The van der Waals surface area contributed by atoms with Gasteiger partial charge in [-0.05, 0) is 35.9 Å². The smallest absolute Gasteiger partial charge is 0.366 e. The van der Waals surface area contributed by atoms with Crippen LogP contribution in [0.3, 0.4) is 0 Å². The van der Waals surface area contributed by atoms with E-state index < -0.39 is 14.2 Å². The summed E-state index contributed by atoms with van der Waals surface area (Å²) in [6.07, 6.45) is 1.68. The Morgan fingerprint density at radius 3 is 2.65 bits per heavy atom. The van der Waals surface area contributed by atoms with Crippen molar-refractivity contribution in [3.63, 3.8) is 0 Å². The van der Waals surface area contributed by atoms with E-state index in [4.69, 9.17) is 15.2 Å². The van der Waals surface area contributed by atoms with Gasteiger partial charge in [-0.25, -0.2) is 4.52 Å². The van der Waals surface area contributed by atoms with Crippen molar-refractivity contribution in [3.05, 3.63) is 59.8 Å². The molecule has 0 radical (unpaired) electrons. The summed E-state index contributed by atoms with van der Waals surface area (Å²) in [7, 11) is -2.66. The zero-order valence-corrected chi connectivity index (χ0v) is 12.8. The third-order valence-electron chi connectivity index (χ3n) is 3.37. The van der Waals surface area contributed by atoms with E-state index in [1.165, 1.54) is 0 Å². The van der Waals surface area contributed by atoms with Gasteiger partial charge in [-0.2, -0.15) is 5.10 Å². The first kappa shape index (κ1) is 15.1. The molecular weight excluding hydrogens is 317 g/mol. The second kappa shape index (κ2) is 6.16. The van der Waals surface area contributed by atoms with Crippen molar-refractivity contribution in [2.45, 2.75) is 6.54 Å². The van der Waals surface area contributed by atoms with Crippen LogP contribution in [0.5, 0.6) is 5.75 Å². The molecule has 7 nitrogen and oxygen atoms in total. The number of rotatable bonds is 5. The van der Waals surface area contributed by atoms with E-state index in [1.807, 2.05) is 0 Å². The molecule has 3 rings (SSSR count). The van der Waals surface area contributed by atoms with Gasteiger partial charge in [-0.1, -0.05) is 12.1 Å². The molecule has 3 aromatic rings. The van der Waals surface area contributed by atoms with Gasteiger partial charge in [0.05, 0.1) is 18.3 Å². The van der Waals surface area contributed by atoms with E-state index in [0.29, 0.717) is 17.9 Å². The predicted octanol–water partition coefficient (Wildman–Crippen LogP) is 2.21. The fourth-order valence-corrected chi connectivity index (χ4v) is 2.59. The molecule has 23 heavy (non-hydrogen) atoms. The Labute approximate surface area is 132 Å². The standard InChI is InChI=1S/C15H12N3O4P/c16-15(19)11-3-6-14-12(7-11)8-17-18(14)9-10-1-4-13(5-2-10)22-23(20)21/h1-8H,9H2,(H2-,16,19,20,21)/p+1. The van der Waals surface area contributed by atoms with Crippen molar-refractivity contribution in [2.75, 3.05) is 0 Å². The Hall–Kier alpha value is -2.76. The van der Waals surface area contributed by atoms with Crippen LogP contribution in [0.4, 0.5) is 0 Å². The van der Waals surface area contributed by atoms with Crippen molar-refractivity contribution in [1.29, 1.82) is 0 Å². The van der Waals surface area contributed by atoms with Crippen molar-refractivity contribution >= 4 is 25.1 Å². The number of aromatic nitrogens is 2. The quantitative estimate of drug-likeness (QED) is 0.697. The summed E-state index contributed by atoms with van der Waals surface area (Å²) in [5.74, 6) is -0.147. The Bertz CT molecular complexity index is 889. The van der Waals surface area contributed by atoms with Crippen LogP contribution in [0.15, 0.2) is 48.7 Å². The van der Waals surface area contributed by atoms with E-state index >= 15 is 0 Å². The first-order valence-electron chi connectivity index (χ1n) is 6.71. The minimum atomic E-state index is -2.66. The van der Waals surface area contributed by atoms with Crippen LogP contribution in [-0.2, 0) is 11.1 Å². The van der Waals surface area contributed by atoms with E-state index in [2.05, 4.69) is 5.10 Å². The van der Waals surface area contributed by atoms with E-state index in [9.17, 15) is 9.36 Å². The molecule has 2 aromatic carbocycles. The second-order valence-corrected chi connectivity index (χ2v) is 5.57. The normalized spacial score (nSPS) is 11.4. The largest absolute Gasteiger partial charge is 0.747 e. The van der Waals surface area contributed by atoms with E-state index in [0.717, 1.165) is 16.5 Å². The molecule has 0 bridgehead atoms. The monoisotopic (exact) mass is 330 g/mol. The molecule has 0 saturated carbocycles. The van der Waals surface area contributed by atoms with Crippen LogP contribution in [0.1, 0.15) is 15.9 Å². The first-order chi connectivity index (χ1) is 11.0. The molecule has 1 atom stereocenters. The maximum atomic E-state index is 11.2. The number of hydrogen-bond donors (Lipinski definition) is 2. The lowest BCUT2D eigenvalue weighted by Gasteiger charge is -2.04. The molecule has 0 aliphatic heterocycles. The number of primary amides is 1. The summed E-state index contributed by atoms with van der Waals surface area (Å²) in [5, 5.41) is 5.14. The zero-order chi connectivity index (χ0) is 16.4. The van der Waals surface area contributed by atoms with Gasteiger partial charge in [0.2, 0.25) is 5.91 Å². The number of fused-ring (bicyclic) bond motifs is 1. The van der Waals surface area contributed by atoms with Crippen molar-refractivity contribution in [2.24, 2.45) is 5.73 Å². The van der Waals surface area contributed by atoms with Crippen molar-refractivity contribution in [3.8, 4) is 5.75 Å². The lowest BCUT2D eigenvalue weighted by atomic mass is 10.1. The lowest BCUT2D eigenvalue weighted by Crippen LogP contribution is -2.10. The summed E-state index contributed by atoms with van der Waals surface area (Å²) in [4.78, 5) is 19.9. The number of nitrogens with zero attached hydrogens (tertiary/aromatic N) is 2. The van der Waals surface area contributed by atoms with Gasteiger partial charge in [0.25, 0.3) is 0 Å². The molecule has 1 amide bonds. The van der Waals surface area contributed by atoms with E-state index in [-0.39, 0.29) is 0 Å². The summed E-state index contributed by atoms with van der Waals surface area (Å²) >= 11 is 0. The fraction of sp³-hybridized carbons (Fsp3) is 0.0667. The van der Waals surface area contributed by atoms with E-state index in [1.54, 1.807) is 53.3 Å². The molecule has 3 N–H and O–H groups in total. The number of carbonyl (C=O) groups is 1. The molecule has 1 heterocycles. The third-order valence-corrected chi connectivity index (χ3v) is 3.73. The van der Waals surface area contributed by atoms with Gasteiger partial charge in [-0.3, -0.25) is 9.48 Å². The Balaban J connectivity index is 1.84. The van der Waals surface area contributed by atoms with Gasteiger partial charge >= 0.3 is 8.25 Å². The topological polar surface area (TPSA) is 107 Å². The molecule has 8 heteroatoms. The number of nitrogens with two attached hydrogens (primary N) is 1. The molecule has 1 unspecified atom stereocenters. The number of amides is 1. The van der Waals surface area contributed by atoms with Crippen molar-refractivity contribution < 1.29 is 18.8 Å². The molecular formula is C15H13N3O4P+. The molecule has 0 aliphatic carbocycles. The third kappa shape index (κ3) is 3.36. The summed E-state index contributed by atoms with van der Waals surface area (Å²) in [5.41, 5.74) is 7.54. The highest BCUT2D eigenvalue weighted by atomic mass is 31.1.